The molecule has 0 spiro atoms. The van der Waals surface area contributed by atoms with Gasteiger partial charge in [0.1, 0.15) is 0 Å². The molecule has 0 unspecified atom stereocenters. The number of carbonyl (C=O) groups excluding carboxylic acids is 2. The van der Waals surface area contributed by atoms with E-state index in [0.717, 1.165) is 19.6 Å². The molecular formula is C14H28N4O2. The Bertz CT molecular complexity index is 327. The summed E-state index contributed by atoms with van der Waals surface area (Å²) in [6.07, 6.45) is 2.50. The fraction of sp³-hybridized carbons (Fsp3) is 0.857. The highest BCUT2D eigenvalue weighted by molar-refractivity contribution is 5.87. The van der Waals surface area contributed by atoms with Crippen LogP contribution in [0.5, 0.6) is 0 Å². The van der Waals surface area contributed by atoms with E-state index in [2.05, 4.69) is 10.2 Å². The molecular weight excluding hydrogens is 256 g/mol. The molecule has 0 aromatic rings. The number of amides is 2. The van der Waals surface area contributed by atoms with Crippen molar-refractivity contribution in [1.82, 2.24) is 15.1 Å². The number of nitrogens with zero attached hydrogens (tertiary/aromatic N) is 2. The monoisotopic (exact) mass is 284 g/mol. The van der Waals surface area contributed by atoms with Gasteiger partial charge in [0.25, 0.3) is 0 Å². The minimum atomic E-state index is -0.558. The Morgan fingerprint density at radius 2 is 1.90 bits per heavy atom. The van der Waals surface area contributed by atoms with Crippen LogP contribution in [0.2, 0.25) is 0 Å². The summed E-state index contributed by atoms with van der Waals surface area (Å²) in [7, 11) is 1.77. The number of rotatable bonds is 7. The van der Waals surface area contributed by atoms with Crippen molar-refractivity contribution < 1.29 is 9.59 Å². The lowest BCUT2D eigenvalue weighted by Gasteiger charge is -2.22. The van der Waals surface area contributed by atoms with Crippen LogP contribution in [0, 0.1) is 5.92 Å². The molecule has 0 aromatic heterocycles. The third kappa shape index (κ3) is 5.46. The van der Waals surface area contributed by atoms with Crippen LogP contribution in [0.25, 0.3) is 0 Å². The van der Waals surface area contributed by atoms with E-state index in [0.29, 0.717) is 6.54 Å². The number of nitrogens with one attached hydrogen (secondary N) is 1. The molecule has 20 heavy (non-hydrogen) atoms. The SMILES string of the molecule is CC(C)[C@H](N)C(=O)NCC(=O)N(C)CCN1CCCC1. The van der Waals surface area contributed by atoms with Crippen LogP contribution in [0.3, 0.4) is 0 Å². The molecule has 1 fully saturated rings. The highest BCUT2D eigenvalue weighted by Crippen LogP contribution is 2.06. The van der Waals surface area contributed by atoms with Gasteiger partial charge in [-0.15, -0.1) is 0 Å². The van der Waals surface area contributed by atoms with Crippen molar-refractivity contribution >= 4 is 11.8 Å². The predicted octanol–water partition coefficient (Wildman–Crippen LogP) is -0.360. The second-order valence-electron chi connectivity index (χ2n) is 5.85. The molecule has 1 aliphatic rings. The Balaban J connectivity index is 2.22. The molecule has 3 N–H and O–H groups in total. The Hall–Kier alpha value is -1.14. The number of likely N-dealkylation sites (N-methyl/N-ethyl adjacent to an activating group) is 1. The Morgan fingerprint density at radius 1 is 1.30 bits per heavy atom. The zero-order valence-corrected chi connectivity index (χ0v) is 12.9. The standard InChI is InChI=1S/C14H28N4O2/c1-11(2)13(15)14(20)16-10-12(19)17(3)8-9-18-6-4-5-7-18/h11,13H,4-10,15H2,1-3H3,(H,16,20)/t13-/m0/s1. The van der Waals surface area contributed by atoms with Gasteiger partial charge in [-0.05, 0) is 31.8 Å². The van der Waals surface area contributed by atoms with Crippen molar-refractivity contribution in [3.63, 3.8) is 0 Å². The topological polar surface area (TPSA) is 78.7 Å². The van der Waals surface area contributed by atoms with E-state index in [1.165, 1.54) is 12.8 Å². The summed E-state index contributed by atoms with van der Waals surface area (Å²) >= 11 is 0. The highest BCUT2D eigenvalue weighted by Gasteiger charge is 2.19. The van der Waals surface area contributed by atoms with Crippen molar-refractivity contribution in [2.24, 2.45) is 11.7 Å². The van der Waals surface area contributed by atoms with Crippen molar-refractivity contribution in [2.75, 3.05) is 39.8 Å². The minimum absolute atomic E-state index is 0.0236. The molecule has 0 bridgehead atoms. The van der Waals surface area contributed by atoms with Gasteiger partial charge in [-0.1, -0.05) is 13.8 Å². The molecule has 6 nitrogen and oxygen atoms in total. The van der Waals surface area contributed by atoms with Gasteiger partial charge in [0.2, 0.25) is 11.8 Å². The molecule has 1 saturated heterocycles. The van der Waals surface area contributed by atoms with Crippen molar-refractivity contribution in [1.29, 1.82) is 0 Å². The summed E-state index contributed by atoms with van der Waals surface area (Å²) in [5.41, 5.74) is 5.72. The van der Waals surface area contributed by atoms with Crippen LogP contribution in [-0.2, 0) is 9.59 Å². The first-order chi connectivity index (χ1) is 9.41. The fourth-order valence-electron chi connectivity index (χ4n) is 2.14. The van der Waals surface area contributed by atoms with Crippen LogP contribution >= 0.6 is 0 Å². The average molecular weight is 284 g/mol. The lowest BCUT2D eigenvalue weighted by molar-refractivity contribution is -0.132. The zero-order valence-electron chi connectivity index (χ0n) is 12.9. The maximum atomic E-state index is 11.9. The summed E-state index contributed by atoms with van der Waals surface area (Å²) in [6, 6.07) is -0.558. The molecule has 0 saturated carbocycles. The lowest BCUT2D eigenvalue weighted by Crippen LogP contribution is -2.48. The maximum Gasteiger partial charge on any atom is 0.241 e. The molecule has 2 amide bonds. The number of carbonyl (C=O) groups is 2. The third-order valence-corrected chi connectivity index (χ3v) is 3.81. The van der Waals surface area contributed by atoms with Gasteiger partial charge in [0.05, 0.1) is 12.6 Å². The highest BCUT2D eigenvalue weighted by atomic mass is 16.2. The first-order valence-corrected chi connectivity index (χ1v) is 7.41. The van der Waals surface area contributed by atoms with Gasteiger partial charge in [-0.25, -0.2) is 0 Å². The molecule has 1 atom stereocenters. The molecule has 1 rings (SSSR count). The van der Waals surface area contributed by atoms with Gasteiger partial charge in [-0.3, -0.25) is 9.59 Å². The molecule has 0 aliphatic carbocycles. The summed E-state index contributed by atoms with van der Waals surface area (Å²) < 4.78 is 0. The first-order valence-electron chi connectivity index (χ1n) is 7.41. The predicted molar refractivity (Wildman–Crippen MR) is 79.1 cm³/mol. The van der Waals surface area contributed by atoms with E-state index in [9.17, 15) is 9.59 Å². The largest absolute Gasteiger partial charge is 0.346 e. The molecule has 116 valence electrons. The molecule has 6 heteroatoms. The minimum Gasteiger partial charge on any atom is -0.346 e. The summed E-state index contributed by atoms with van der Waals surface area (Å²) in [5, 5.41) is 2.60. The Morgan fingerprint density at radius 3 is 2.45 bits per heavy atom. The molecule has 1 aliphatic heterocycles. The zero-order chi connectivity index (χ0) is 15.1. The van der Waals surface area contributed by atoms with E-state index in [1.807, 2.05) is 13.8 Å². The van der Waals surface area contributed by atoms with Crippen LogP contribution in [0.1, 0.15) is 26.7 Å². The van der Waals surface area contributed by atoms with Crippen LogP contribution < -0.4 is 11.1 Å². The van der Waals surface area contributed by atoms with E-state index < -0.39 is 6.04 Å². The maximum absolute atomic E-state index is 11.9. The lowest BCUT2D eigenvalue weighted by atomic mass is 10.1. The number of nitrogens with two attached hydrogens (primary N) is 1. The summed E-state index contributed by atoms with van der Waals surface area (Å²) in [5.74, 6) is -0.271. The average Bonchev–Trinajstić information content (AvgIpc) is 2.93. The van der Waals surface area contributed by atoms with Crippen LogP contribution in [0.15, 0.2) is 0 Å². The van der Waals surface area contributed by atoms with Crippen LogP contribution in [0.4, 0.5) is 0 Å². The first kappa shape index (κ1) is 16.9. The van der Waals surface area contributed by atoms with E-state index in [1.54, 1.807) is 11.9 Å². The van der Waals surface area contributed by atoms with Gasteiger partial charge >= 0.3 is 0 Å². The van der Waals surface area contributed by atoms with Gasteiger partial charge < -0.3 is 20.9 Å². The third-order valence-electron chi connectivity index (χ3n) is 3.81. The van der Waals surface area contributed by atoms with E-state index in [-0.39, 0.29) is 24.3 Å². The molecule has 1 heterocycles. The van der Waals surface area contributed by atoms with Crippen molar-refractivity contribution in [2.45, 2.75) is 32.7 Å². The summed E-state index contributed by atoms with van der Waals surface area (Å²) in [6.45, 7) is 7.65. The number of hydrogen-bond donors (Lipinski definition) is 2. The number of likely N-dealkylation sites (tertiary alicyclic amines) is 1. The quantitative estimate of drug-likeness (QED) is 0.669. The van der Waals surface area contributed by atoms with Gasteiger partial charge in [0, 0.05) is 20.1 Å². The smallest absolute Gasteiger partial charge is 0.241 e. The Labute approximate surface area is 121 Å². The molecule has 0 aromatic carbocycles. The van der Waals surface area contributed by atoms with E-state index in [4.69, 9.17) is 5.73 Å². The van der Waals surface area contributed by atoms with Crippen molar-refractivity contribution in [3.8, 4) is 0 Å². The van der Waals surface area contributed by atoms with Crippen LogP contribution in [-0.4, -0.2) is 67.4 Å². The fourth-order valence-corrected chi connectivity index (χ4v) is 2.14. The second kappa shape index (κ2) is 8.21. The van der Waals surface area contributed by atoms with Gasteiger partial charge in [-0.2, -0.15) is 0 Å². The summed E-state index contributed by atoms with van der Waals surface area (Å²) in [4.78, 5) is 27.6. The normalized spacial score (nSPS) is 17.2. The number of hydrogen-bond acceptors (Lipinski definition) is 4. The van der Waals surface area contributed by atoms with Crippen molar-refractivity contribution in [3.05, 3.63) is 0 Å². The second-order valence-corrected chi connectivity index (χ2v) is 5.85. The van der Waals surface area contributed by atoms with Gasteiger partial charge in [0.15, 0.2) is 0 Å². The van der Waals surface area contributed by atoms with E-state index >= 15 is 0 Å². The Kier molecular flexibility index (Phi) is 6.95. The molecule has 0 radical (unpaired) electrons.